The van der Waals surface area contributed by atoms with Crippen LogP contribution < -0.4 is 26.3 Å². The molecule has 2 aromatic rings. The second-order valence-electron chi connectivity index (χ2n) is 11.2. The van der Waals surface area contributed by atoms with Crippen LogP contribution in [0.15, 0.2) is 22.2 Å². The van der Waals surface area contributed by atoms with Crippen molar-refractivity contribution in [2.75, 3.05) is 36.4 Å². The number of carbonyl (C=O) groups is 1. The van der Waals surface area contributed by atoms with Crippen LogP contribution in [0.25, 0.3) is 12.8 Å². The second kappa shape index (κ2) is 11.8. The van der Waals surface area contributed by atoms with Gasteiger partial charge in [0.05, 0.1) is 18.0 Å². The molecule has 0 amide bonds. The predicted octanol–water partition coefficient (Wildman–Crippen LogP) is 3.01. The summed E-state index contributed by atoms with van der Waals surface area (Å²) in [7, 11) is 0. The molecule has 1 aliphatic heterocycles. The summed E-state index contributed by atoms with van der Waals surface area (Å²) < 4.78 is 1.72. The Morgan fingerprint density at radius 2 is 1.64 bits per heavy atom. The molecule has 0 unspecified atom stereocenters. The second-order valence-corrected chi connectivity index (χ2v) is 11.2. The van der Waals surface area contributed by atoms with Gasteiger partial charge in [0.25, 0.3) is 5.56 Å². The van der Waals surface area contributed by atoms with Crippen molar-refractivity contribution in [2.24, 2.45) is 4.99 Å². The normalized spacial score (nSPS) is 20.2. The fourth-order valence-corrected chi connectivity index (χ4v) is 6.53. The van der Waals surface area contributed by atoms with Gasteiger partial charge in [-0.15, -0.1) is 0 Å². The highest BCUT2D eigenvalue weighted by molar-refractivity contribution is 5.95. The van der Waals surface area contributed by atoms with E-state index < -0.39 is 0 Å². The number of hydrogen-bond acceptors (Lipinski definition) is 7. The van der Waals surface area contributed by atoms with Crippen LogP contribution in [0, 0.1) is 6.92 Å². The van der Waals surface area contributed by atoms with Crippen molar-refractivity contribution in [1.29, 1.82) is 0 Å². The van der Waals surface area contributed by atoms with Crippen LogP contribution >= 0.6 is 0 Å². The van der Waals surface area contributed by atoms with E-state index in [9.17, 15) is 9.59 Å². The van der Waals surface area contributed by atoms with E-state index in [1.54, 1.807) is 23.9 Å². The number of rotatable bonds is 6. The molecule has 0 aromatic carbocycles. The molecule has 9 heteroatoms. The van der Waals surface area contributed by atoms with E-state index in [4.69, 9.17) is 0 Å². The molecule has 208 valence electrons. The average Bonchev–Trinajstić information content (AvgIpc) is 3.64. The molecule has 0 atom stereocenters. The first-order valence-electron chi connectivity index (χ1n) is 14.4. The molecule has 3 aliphatic rings. The average molecular weight is 532 g/mol. The van der Waals surface area contributed by atoms with Crippen molar-refractivity contribution in [2.45, 2.75) is 84.2 Å². The molecule has 9 nitrogen and oxygen atoms in total. The number of hydrogen-bond donors (Lipinski definition) is 1. The Balaban J connectivity index is 1.31. The van der Waals surface area contributed by atoms with Crippen LogP contribution in [0.4, 0.5) is 11.6 Å². The number of piperazine rings is 1. The molecule has 0 spiro atoms. The monoisotopic (exact) mass is 531 g/mol. The van der Waals surface area contributed by atoms with E-state index in [1.807, 2.05) is 13.1 Å². The van der Waals surface area contributed by atoms with Crippen LogP contribution in [0.2, 0.25) is 0 Å². The number of aromatic nitrogens is 3. The van der Waals surface area contributed by atoms with Crippen LogP contribution in [0.3, 0.4) is 0 Å². The summed E-state index contributed by atoms with van der Waals surface area (Å²) in [5.74, 6) is 1.91. The molecule has 1 saturated heterocycles. The summed E-state index contributed by atoms with van der Waals surface area (Å²) in [6, 6.07) is 0.853. The Kier molecular flexibility index (Phi) is 8.26. The van der Waals surface area contributed by atoms with Crippen LogP contribution in [0.1, 0.15) is 87.2 Å². The Labute approximate surface area is 230 Å². The Hall–Kier alpha value is -3.33. The maximum absolute atomic E-state index is 13.2. The largest absolute Gasteiger partial charge is 0.353 e. The summed E-state index contributed by atoms with van der Waals surface area (Å²) in [6.07, 6.45) is 14.7. The van der Waals surface area contributed by atoms with Gasteiger partial charge in [-0.1, -0.05) is 32.3 Å². The van der Waals surface area contributed by atoms with E-state index in [0.717, 1.165) is 63.7 Å². The fraction of sp³-hybridized carbons (Fsp3) is 0.567. The zero-order valence-electron chi connectivity index (χ0n) is 23.6. The third-order valence-corrected chi connectivity index (χ3v) is 8.67. The number of aliphatic imine (C=N–C) groups is 1. The Bertz CT molecular complexity index is 1390. The summed E-state index contributed by atoms with van der Waals surface area (Å²) in [4.78, 5) is 44.4. The predicted molar refractivity (Wildman–Crippen MR) is 157 cm³/mol. The lowest BCUT2D eigenvalue weighted by atomic mass is 10.0. The molecule has 2 saturated carbocycles. The van der Waals surface area contributed by atoms with Crippen molar-refractivity contribution in [3.8, 4) is 0 Å². The number of ketones is 1. The highest BCUT2D eigenvalue weighted by atomic mass is 16.1. The van der Waals surface area contributed by atoms with Gasteiger partial charge in [0.2, 0.25) is 0 Å². The first kappa shape index (κ1) is 27.2. The van der Waals surface area contributed by atoms with E-state index in [1.165, 1.54) is 32.6 Å². The minimum absolute atomic E-state index is 0.0820. The number of Topliss-reactive ketones (excluding diaryl/α,β-unsaturated/α-hetero) is 1. The third kappa shape index (κ3) is 5.83. The zero-order chi connectivity index (χ0) is 27.5. The third-order valence-electron chi connectivity index (χ3n) is 8.67. The van der Waals surface area contributed by atoms with E-state index in [2.05, 4.69) is 36.7 Å². The van der Waals surface area contributed by atoms with Crippen LogP contribution in [-0.4, -0.2) is 63.3 Å². The van der Waals surface area contributed by atoms with Crippen molar-refractivity contribution < 1.29 is 4.79 Å². The molecule has 39 heavy (non-hydrogen) atoms. The lowest BCUT2D eigenvalue weighted by Gasteiger charge is -2.38. The zero-order valence-corrected chi connectivity index (χ0v) is 23.6. The highest BCUT2D eigenvalue weighted by Crippen LogP contribution is 2.27. The summed E-state index contributed by atoms with van der Waals surface area (Å²) in [6.45, 7) is 13.5. The van der Waals surface area contributed by atoms with Gasteiger partial charge in [-0.25, -0.2) is 15.0 Å². The van der Waals surface area contributed by atoms with Gasteiger partial charge >= 0.3 is 0 Å². The van der Waals surface area contributed by atoms with E-state index >= 15 is 0 Å². The molecular formula is C30H41N7O2. The maximum atomic E-state index is 13.2. The molecule has 3 fully saturated rings. The lowest BCUT2D eigenvalue weighted by Crippen LogP contribution is -2.50. The Morgan fingerprint density at radius 1 is 1.00 bits per heavy atom. The van der Waals surface area contributed by atoms with Crippen LogP contribution in [0.5, 0.6) is 0 Å². The van der Waals surface area contributed by atoms with Crippen LogP contribution in [-0.2, 0) is 0 Å². The SMILES string of the molecule is C=c1/c(=C\N=C(/C)Nc2cnc(N3CCN(C4CCCC4)CC3)cn2)c(C)c(C(C)=O)c(=O)n1C1CCCC1. The molecule has 3 heterocycles. The first-order chi connectivity index (χ1) is 18.8. The highest BCUT2D eigenvalue weighted by Gasteiger charge is 2.27. The van der Waals surface area contributed by atoms with Crippen molar-refractivity contribution in [1.82, 2.24) is 19.4 Å². The van der Waals surface area contributed by atoms with Crippen molar-refractivity contribution in [3.63, 3.8) is 0 Å². The standard InChI is InChI=1S/C30H41N7O2/c1-20-26(21(2)37(25-11-7-8-12-25)30(39)29(20)22(3)38)17-31-23(4)34-27-18-33-28(19-32-27)36-15-13-35(14-16-36)24-9-5-6-10-24/h17-19,24-25H,2,5-16H2,1,3-4H3,(H,31,32,34)/b26-17-. The van der Waals surface area contributed by atoms with Crippen molar-refractivity contribution >= 4 is 36.0 Å². The molecule has 2 aromatic heterocycles. The van der Waals surface area contributed by atoms with Gasteiger partial charge in [0, 0.05) is 55.0 Å². The topological polar surface area (TPSA) is 95.7 Å². The molecule has 2 aliphatic carbocycles. The maximum Gasteiger partial charge on any atom is 0.262 e. The molecule has 0 bridgehead atoms. The number of nitrogens with zero attached hydrogens (tertiary/aromatic N) is 6. The summed E-state index contributed by atoms with van der Waals surface area (Å²) >= 11 is 0. The lowest BCUT2D eigenvalue weighted by molar-refractivity contribution is 0.101. The molecular weight excluding hydrogens is 490 g/mol. The van der Waals surface area contributed by atoms with Gasteiger partial charge < -0.3 is 14.8 Å². The minimum atomic E-state index is -0.233. The molecule has 0 radical (unpaired) electrons. The summed E-state index contributed by atoms with van der Waals surface area (Å²) in [5.41, 5.74) is 0.621. The number of anilines is 2. The first-order valence-corrected chi connectivity index (χ1v) is 14.4. The Morgan fingerprint density at radius 3 is 2.23 bits per heavy atom. The van der Waals surface area contributed by atoms with Gasteiger partial charge in [0.15, 0.2) is 5.78 Å². The van der Waals surface area contributed by atoms with Gasteiger partial charge in [-0.05, 0) is 52.0 Å². The van der Waals surface area contributed by atoms with Gasteiger partial charge in [0.1, 0.15) is 17.5 Å². The van der Waals surface area contributed by atoms with Gasteiger partial charge in [-0.2, -0.15) is 0 Å². The van der Waals surface area contributed by atoms with Gasteiger partial charge in [-0.3, -0.25) is 14.5 Å². The quantitative estimate of drug-likeness (QED) is 0.348. The number of amidine groups is 1. The van der Waals surface area contributed by atoms with Crippen molar-refractivity contribution in [3.05, 3.63) is 44.4 Å². The number of nitrogens with one attached hydrogen (secondary N) is 1. The smallest absolute Gasteiger partial charge is 0.262 e. The number of pyridine rings is 1. The molecule has 1 N–H and O–H groups in total. The van der Waals surface area contributed by atoms with E-state index in [0.29, 0.717) is 27.8 Å². The summed E-state index contributed by atoms with van der Waals surface area (Å²) in [5, 5.41) is 4.53. The van der Waals surface area contributed by atoms with E-state index in [-0.39, 0.29) is 22.9 Å². The molecule has 5 rings (SSSR count). The minimum Gasteiger partial charge on any atom is -0.353 e. The number of carbonyl (C=O) groups excluding carboxylic acids is 1. The fourth-order valence-electron chi connectivity index (χ4n) is 6.53.